The zero-order chi connectivity index (χ0) is 17.4. The van der Waals surface area contributed by atoms with Crippen LogP contribution < -0.4 is 4.90 Å². The number of aryl methyl sites for hydroxylation is 1. The van der Waals surface area contributed by atoms with Crippen LogP contribution in [0.4, 0.5) is 10.1 Å². The maximum absolute atomic E-state index is 13.8. The van der Waals surface area contributed by atoms with E-state index in [2.05, 4.69) is 10.1 Å². The lowest BCUT2D eigenvalue weighted by molar-refractivity contribution is -0.117. The molecule has 0 N–H and O–H groups in total. The van der Waals surface area contributed by atoms with Crippen molar-refractivity contribution in [2.45, 2.75) is 19.3 Å². The van der Waals surface area contributed by atoms with Gasteiger partial charge in [0.15, 0.2) is 0 Å². The van der Waals surface area contributed by atoms with E-state index in [-0.39, 0.29) is 24.1 Å². The Morgan fingerprint density at radius 1 is 1.20 bits per heavy atom. The third kappa shape index (κ3) is 2.91. The van der Waals surface area contributed by atoms with Crippen LogP contribution in [0.25, 0.3) is 11.4 Å². The molecule has 3 aromatic rings. The van der Waals surface area contributed by atoms with Crippen molar-refractivity contribution >= 4 is 11.6 Å². The number of rotatable bonds is 3. The van der Waals surface area contributed by atoms with Crippen LogP contribution in [-0.4, -0.2) is 22.6 Å². The number of hydrogen-bond acceptors (Lipinski definition) is 4. The van der Waals surface area contributed by atoms with Gasteiger partial charge in [-0.15, -0.1) is 0 Å². The summed E-state index contributed by atoms with van der Waals surface area (Å²) < 4.78 is 19.2. The highest BCUT2D eigenvalue weighted by atomic mass is 19.1. The normalized spacial score (nSPS) is 17.3. The van der Waals surface area contributed by atoms with Gasteiger partial charge in [0.25, 0.3) is 0 Å². The second kappa shape index (κ2) is 6.12. The molecule has 1 aromatic heterocycles. The first-order valence-electron chi connectivity index (χ1n) is 8.07. The molecule has 0 radical (unpaired) electrons. The highest BCUT2D eigenvalue weighted by Crippen LogP contribution is 2.32. The second-order valence-electron chi connectivity index (χ2n) is 6.16. The van der Waals surface area contributed by atoms with E-state index in [0.717, 1.165) is 5.56 Å². The largest absolute Gasteiger partial charge is 0.339 e. The summed E-state index contributed by atoms with van der Waals surface area (Å²) in [5.74, 6) is 0.345. The van der Waals surface area contributed by atoms with Crippen molar-refractivity contribution in [3.63, 3.8) is 0 Å². The number of aromatic nitrogens is 2. The Bertz CT molecular complexity index is 923. The van der Waals surface area contributed by atoms with Gasteiger partial charge in [0.1, 0.15) is 5.82 Å². The Morgan fingerprint density at radius 2 is 2.00 bits per heavy atom. The van der Waals surface area contributed by atoms with Crippen LogP contribution in [0.1, 0.15) is 23.8 Å². The lowest BCUT2D eigenvalue weighted by Gasteiger charge is -2.16. The monoisotopic (exact) mass is 337 g/mol. The van der Waals surface area contributed by atoms with Crippen molar-refractivity contribution in [3.8, 4) is 11.4 Å². The van der Waals surface area contributed by atoms with E-state index in [9.17, 15) is 9.18 Å². The number of nitrogens with zero attached hydrogens (tertiary/aromatic N) is 3. The zero-order valence-electron chi connectivity index (χ0n) is 13.6. The fourth-order valence-electron chi connectivity index (χ4n) is 2.98. The molecule has 25 heavy (non-hydrogen) atoms. The molecule has 2 aromatic carbocycles. The van der Waals surface area contributed by atoms with Gasteiger partial charge in [0, 0.05) is 24.2 Å². The number of hydrogen-bond donors (Lipinski definition) is 0. The lowest BCUT2D eigenvalue weighted by atomic mass is 10.1. The van der Waals surface area contributed by atoms with Gasteiger partial charge in [0.2, 0.25) is 17.6 Å². The van der Waals surface area contributed by atoms with E-state index in [1.165, 1.54) is 6.07 Å². The van der Waals surface area contributed by atoms with Gasteiger partial charge in [-0.2, -0.15) is 4.98 Å². The van der Waals surface area contributed by atoms with Crippen molar-refractivity contribution in [1.29, 1.82) is 0 Å². The molecule has 4 rings (SSSR count). The van der Waals surface area contributed by atoms with Crippen molar-refractivity contribution in [2.75, 3.05) is 11.4 Å². The topological polar surface area (TPSA) is 59.2 Å². The van der Waals surface area contributed by atoms with E-state index in [0.29, 0.717) is 29.5 Å². The number of carbonyl (C=O) groups excluding carboxylic acids is 1. The summed E-state index contributed by atoms with van der Waals surface area (Å²) in [6.45, 7) is 2.09. The average Bonchev–Trinajstić information content (AvgIpc) is 3.25. The van der Waals surface area contributed by atoms with E-state index in [4.69, 9.17) is 4.52 Å². The molecule has 0 bridgehead atoms. The van der Waals surface area contributed by atoms with E-state index >= 15 is 0 Å². The van der Waals surface area contributed by atoms with Crippen LogP contribution in [0.2, 0.25) is 0 Å². The SMILES string of the molecule is Cc1ccc(N2C[C@H](c3nc(-c4ccccc4)no3)CC2=O)cc1F. The molecule has 126 valence electrons. The van der Waals surface area contributed by atoms with Crippen molar-refractivity contribution < 1.29 is 13.7 Å². The molecule has 1 saturated heterocycles. The van der Waals surface area contributed by atoms with E-state index < -0.39 is 0 Å². The third-order valence-electron chi connectivity index (χ3n) is 4.42. The van der Waals surface area contributed by atoms with Crippen LogP contribution in [0.3, 0.4) is 0 Å². The Labute approximate surface area is 144 Å². The van der Waals surface area contributed by atoms with Crippen LogP contribution in [0, 0.1) is 12.7 Å². The summed E-state index contributed by atoms with van der Waals surface area (Å²) in [4.78, 5) is 18.3. The van der Waals surface area contributed by atoms with Crippen LogP contribution in [0.15, 0.2) is 53.1 Å². The maximum Gasteiger partial charge on any atom is 0.232 e. The molecule has 1 aliphatic rings. The summed E-state index contributed by atoms with van der Waals surface area (Å²) >= 11 is 0. The molecule has 1 fully saturated rings. The average molecular weight is 337 g/mol. The van der Waals surface area contributed by atoms with Gasteiger partial charge in [0.05, 0.1) is 5.92 Å². The Morgan fingerprint density at radius 3 is 2.76 bits per heavy atom. The molecule has 1 atom stereocenters. The highest BCUT2D eigenvalue weighted by Gasteiger charge is 2.35. The number of benzene rings is 2. The fraction of sp³-hybridized carbons (Fsp3) is 0.211. The molecule has 0 unspecified atom stereocenters. The predicted octanol–water partition coefficient (Wildman–Crippen LogP) is 3.70. The molecule has 0 spiro atoms. The van der Waals surface area contributed by atoms with Crippen molar-refractivity contribution in [2.24, 2.45) is 0 Å². The molecule has 1 aliphatic heterocycles. The smallest absolute Gasteiger partial charge is 0.232 e. The Hall–Kier alpha value is -3.02. The highest BCUT2D eigenvalue weighted by molar-refractivity contribution is 5.96. The standard InChI is InChI=1S/C19H16FN3O2/c1-12-7-8-15(10-16(12)20)23-11-14(9-17(23)24)19-21-18(22-25-19)13-5-3-2-4-6-13/h2-8,10,14H,9,11H2,1H3/t14-/m1/s1. The first-order valence-corrected chi connectivity index (χ1v) is 8.07. The Balaban J connectivity index is 1.56. The van der Waals surface area contributed by atoms with Crippen LogP contribution in [-0.2, 0) is 4.79 Å². The quantitative estimate of drug-likeness (QED) is 0.731. The zero-order valence-corrected chi connectivity index (χ0v) is 13.6. The minimum absolute atomic E-state index is 0.0762. The summed E-state index contributed by atoms with van der Waals surface area (Å²) in [7, 11) is 0. The van der Waals surface area contributed by atoms with Gasteiger partial charge in [-0.05, 0) is 24.6 Å². The third-order valence-corrected chi connectivity index (χ3v) is 4.42. The summed E-state index contributed by atoms with van der Waals surface area (Å²) in [6.07, 6.45) is 0.270. The van der Waals surface area contributed by atoms with Gasteiger partial charge < -0.3 is 9.42 Å². The number of amides is 1. The lowest BCUT2D eigenvalue weighted by Crippen LogP contribution is -2.24. The molecule has 5 nitrogen and oxygen atoms in total. The maximum atomic E-state index is 13.8. The second-order valence-corrected chi connectivity index (χ2v) is 6.16. The van der Waals surface area contributed by atoms with Gasteiger partial charge in [-0.25, -0.2) is 4.39 Å². The Kier molecular flexibility index (Phi) is 3.80. The number of halogens is 1. The summed E-state index contributed by atoms with van der Waals surface area (Å²) in [5, 5.41) is 4.00. The first-order chi connectivity index (χ1) is 12.1. The minimum Gasteiger partial charge on any atom is -0.339 e. The van der Waals surface area contributed by atoms with E-state index in [1.54, 1.807) is 24.0 Å². The van der Waals surface area contributed by atoms with Crippen LogP contribution >= 0.6 is 0 Å². The molecular weight excluding hydrogens is 321 g/mol. The molecule has 1 amide bonds. The molecule has 0 aliphatic carbocycles. The van der Waals surface area contributed by atoms with Gasteiger partial charge in [-0.3, -0.25) is 4.79 Å². The van der Waals surface area contributed by atoms with Crippen LogP contribution in [0.5, 0.6) is 0 Å². The number of carbonyl (C=O) groups is 1. The molecule has 0 saturated carbocycles. The summed E-state index contributed by atoms with van der Waals surface area (Å²) in [5.41, 5.74) is 1.97. The first kappa shape index (κ1) is 15.5. The van der Waals surface area contributed by atoms with E-state index in [1.807, 2.05) is 30.3 Å². The van der Waals surface area contributed by atoms with Crippen molar-refractivity contribution in [3.05, 3.63) is 65.8 Å². The predicted molar refractivity (Wildman–Crippen MR) is 90.6 cm³/mol. The number of anilines is 1. The molecular formula is C19H16FN3O2. The van der Waals surface area contributed by atoms with Gasteiger partial charge in [-0.1, -0.05) is 41.6 Å². The fourth-order valence-corrected chi connectivity index (χ4v) is 2.98. The van der Waals surface area contributed by atoms with Crippen molar-refractivity contribution in [1.82, 2.24) is 10.1 Å². The molecule has 2 heterocycles. The van der Waals surface area contributed by atoms with Gasteiger partial charge >= 0.3 is 0 Å². The molecule has 6 heteroatoms. The minimum atomic E-state index is -0.321. The summed E-state index contributed by atoms with van der Waals surface area (Å²) in [6, 6.07) is 14.3.